The van der Waals surface area contributed by atoms with Gasteiger partial charge in [0.2, 0.25) is 11.8 Å². The zero-order chi connectivity index (χ0) is 28.2. The number of benzene rings is 2. The van der Waals surface area contributed by atoms with Crippen molar-refractivity contribution in [2.24, 2.45) is 11.8 Å². The van der Waals surface area contributed by atoms with E-state index >= 15 is 8.78 Å². The van der Waals surface area contributed by atoms with Gasteiger partial charge in [0.1, 0.15) is 12.1 Å². The van der Waals surface area contributed by atoms with Crippen LogP contribution in [0.2, 0.25) is 0 Å². The first-order chi connectivity index (χ1) is 19.2. The summed E-state index contributed by atoms with van der Waals surface area (Å²) in [5.41, 5.74) is -0.151. The van der Waals surface area contributed by atoms with Gasteiger partial charge in [-0.1, -0.05) is 48.5 Å². The highest BCUT2D eigenvalue weighted by molar-refractivity contribution is 6.01. The zero-order valence-electron chi connectivity index (χ0n) is 21.8. The zero-order valence-corrected chi connectivity index (χ0v) is 21.8. The average molecular weight is 549 g/mol. The third-order valence-electron chi connectivity index (χ3n) is 9.06. The molecule has 2 bridgehead atoms. The van der Waals surface area contributed by atoms with E-state index in [4.69, 9.17) is 0 Å². The molecule has 5 atom stereocenters. The molecule has 2 aromatic rings. The molecule has 8 nitrogen and oxygen atoms in total. The number of carbonyl (C=O) groups excluding carboxylic acids is 3. The first-order valence-corrected chi connectivity index (χ1v) is 13.8. The van der Waals surface area contributed by atoms with Crippen LogP contribution in [0.4, 0.5) is 8.78 Å². The summed E-state index contributed by atoms with van der Waals surface area (Å²) in [4.78, 5) is 41.5. The Hall–Kier alpha value is -3.84. The van der Waals surface area contributed by atoms with Gasteiger partial charge >= 0.3 is 0 Å². The summed E-state index contributed by atoms with van der Waals surface area (Å²) in [5.74, 6) is -7.03. The van der Waals surface area contributed by atoms with E-state index in [1.807, 2.05) is 6.07 Å². The minimum Gasteiger partial charge on any atom is -0.372 e. The summed E-state index contributed by atoms with van der Waals surface area (Å²) in [6.07, 6.45) is 1.06. The number of alkyl halides is 2. The van der Waals surface area contributed by atoms with Crippen LogP contribution in [0.3, 0.4) is 0 Å². The van der Waals surface area contributed by atoms with Gasteiger partial charge < -0.3 is 20.6 Å². The van der Waals surface area contributed by atoms with Crippen molar-refractivity contribution in [2.45, 2.75) is 68.2 Å². The molecule has 0 unspecified atom stereocenters. The number of nitrogens with zero attached hydrogens (tertiary/aromatic N) is 2. The van der Waals surface area contributed by atoms with E-state index in [0.717, 1.165) is 11.3 Å². The molecular weight excluding hydrogens is 518 g/mol. The molecule has 3 saturated heterocycles. The van der Waals surface area contributed by atoms with E-state index in [1.54, 1.807) is 48.5 Å². The number of aliphatic hydroxyl groups is 1. The van der Waals surface area contributed by atoms with E-state index < -0.39 is 59.7 Å². The fraction of sp³-hybridized carbons (Fsp3) is 0.467. The summed E-state index contributed by atoms with van der Waals surface area (Å²) < 4.78 is 30.5. The van der Waals surface area contributed by atoms with E-state index in [-0.39, 0.29) is 25.2 Å². The van der Waals surface area contributed by atoms with Crippen molar-refractivity contribution in [3.8, 4) is 17.2 Å². The van der Waals surface area contributed by atoms with Crippen LogP contribution < -0.4 is 10.6 Å². The molecule has 3 aliphatic heterocycles. The quantitative estimate of drug-likeness (QED) is 0.531. The highest BCUT2D eigenvalue weighted by Crippen LogP contribution is 2.53. The summed E-state index contributed by atoms with van der Waals surface area (Å²) in [5, 5.41) is 27.2. The molecule has 5 aliphatic rings. The smallest absolute Gasteiger partial charge is 0.264 e. The predicted octanol–water partition coefficient (Wildman–Crippen LogP) is 2.84. The van der Waals surface area contributed by atoms with Crippen molar-refractivity contribution < 1.29 is 28.3 Å². The number of halogens is 2. The molecule has 3 amide bonds. The number of hydrogen-bond acceptors (Lipinski definition) is 5. The number of amides is 3. The van der Waals surface area contributed by atoms with Gasteiger partial charge in [-0.2, -0.15) is 5.26 Å². The van der Waals surface area contributed by atoms with E-state index in [2.05, 4.69) is 10.6 Å². The largest absolute Gasteiger partial charge is 0.372 e. The molecule has 2 aliphatic carbocycles. The van der Waals surface area contributed by atoms with Crippen LogP contribution in [-0.4, -0.2) is 58.3 Å². The lowest BCUT2D eigenvalue weighted by atomic mass is 9.70. The van der Waals surface area contributed by atoms with Crippen LogP contribution in [0, 0.1) is 23.2 Å². The van der Waals surface area contributed by atoms with Gasteiger partial charge in [-0.15, -0.1) is 0 Å². The number of rotatable bonds is 5. The monoisotopic (exact) mass is 548 g/mol. The second kappa shape index (κ2) is 9.66. The van der Waals surface area contributed by atoms with Crippen molar-refractivity contribution in [2.75, 3.05) is 6.54 Å². The Kier molecular flexibility index (Phi) is 6.37. The molecule has 0 aromatic heterocycles. The Morgan fingerprint density at radius 2 is 1.75 bits per heavy atom. The van der Waals surface area contributed by atoms with Crippen LogP contribution in [0.25, 0.3) is 11.1 Å². The summed E-state index contributed by atoms with van der Waals surface area (Å²) >= 11 is 0. The van der Waals surface area contributed by atoms with Gasteiger partial charge in [0.25, 0.3) is 11.8 Å². The lowest BCUT2D eigenvalue weighted by Gasteiger charge is -2.54. The average Bonchev–Trinajstić information content (AvgIpc) is 3.22. The molecule has 0 radical (unpaired) electrons. The molecule has 7 rings (SSSR count). The normalized spacial score (nSPS) is 28.1. The first-order valence-electron chi connectivity index (χ1n) is 13.8. The number of carbonyl (C=O) groups is 3. The second-order valence-electron chi connectivity index (χ2n) is 11.3. The SMILES string of the molecule is N#C[C@H](C[C@H]1CCCNC1=O)NC(=O)[C@@H]1[C@H]2CC[C@H](CC2(F)F)N1C(=O)C1(O)c2ccccc2-c2ccccc21. The Labute approximate surface area is 230 Å². The van der Waals surface area contributed by atoms with Gasteiger partial charge in [-0.3, -0.25) is 14.4 Å². The Morgan fingerprint density at radius 3 is 2.35 bits per heavy atom. The van der Waals surface area contributed by atoms with Crippen molar-refractivity contribution in [3.05, 3.63) is 59.7 Å². The Bertz CT molecular complexity index is 1380. The predicted molar refractivity (Wildman–Crippen MR) is 139 cm³/mol. The maximum absolute atomic E-state index is 15.2. The molecule has 208 valence electrons. The summed E-state index contributed by atoms with van der Waals surface area (Å²) in [6.45, 7) is 0.547. The molecule has 1 saturated carbocycles. The highest BCUT2D eigenvalue weighted by atomic mass is 19.3. The van der Waals surface area contributed by atoms with Crippen LogP contribution in [-0.2, 0) is 20.0 Å². The molecule has 40 heavy (non-hydrogen) atoms. The Morgan fingerprint density at radius 1 is 1.10 bits per heavy atom. The van der Waals surface area contributed by atoms with Gasteiger partial charge in [0.15, 0.2) is 5.60 Å². The van der Waals surface area contributed by atoms with Gasteiger partial charge in [0.05, 0.1) is 12.0 Å². The lowest BCUT2D eigenvalue weighted by molar-refractivity contribution is -0.201. The maximum Gasteiger partial charge on any atom is 0.264 e. The maximum atomic E-state index is 15.2. The second-order valence-corrected chi connectivity index (χ2v) is 11.3. The molecular formula is C30H30F2N4O4. The third kappa shape index (κ3) is 3.98. The number of hydrogen-bond donors (Lipinski definition) is 3. The minimum atomic E-state index is -3.19. The van der Waals surface area contributed by atoms with Crippen LogP contribution in [0.15, 0.2) is 48.5 Å². The topological polar surface area (TPSA) is 123 Å². The molecule has 3 N–H and O–H groups in total. The number of nitriles is 1. The van der Waals surface area contributed by atoms with E-state index in [9.17, 15) is 24.8 Å². The fourth-order valence-corrected chi connectivity index (χ4v) is 7.17. The molecule has 2 aromatic carbocycles. The summed E-state index contributed by atoms with van der Waals surface area (Å²) in [7, 11) is 0. The van der Waals surface area contributed by atoms with Gasteiger partial charge in [-0.05, 0) is 43.2 Å². The molecule has 10 heteroatoms. The van der Waals surface area contributed by atoms with Crippen LogP contribution in [0.1, 0.15) is 49.7 Å². The van der Waals surface area contributed by atoms with Crippen molar-refractivity contribution in [3.63, 3.8) is 0 Å². The Balaban J connectivity index is 1.35. The van der Waals surface area contributed by atoms with E-state index in [1.165, 1.54) is 0 Å². The van der Waals surface area contributed by atoms with Crippen molar-refractivity contribution in [1.29, 1.82) is 5.26 Å². The highest BCUT2D eigenvalue weighted by Gasteiger charge is 2.63. The van der Waals surface area contributed by atoms with Gasteiger partial charge in [-0.25, -0.2) is 8.78 Å². The summed E-state index contributed by atoms with van der Waals surface area (Å²) in [6, 6.07) is 12.2. The van der Waals surface area contributed by atoms with Crippen LogP contribution >= 0.6 is 0 Å². The van der Waals surface area contributed by atoms with Crippen molar-refractivity contribution >= 4 is 17.7 Å². The number of nitrogens with one attached hydrogen (secondary N) is 2. The van der Waals surface area contributed by atoms with Crippen molar-refractivity contribution in [1.82, 2.24) is 15.5 Å². The van der Waals surface area contributed by atoms with Gasteiger partial charge in [0, 0.05) is 36.1 Å². The minimum absolute atomic E-state index is 0.0351. The molecule has 3 heterocycles. The molecule has 0 spiro atoms. The number of piperidine rings is 3. The lowest BCUT2D eigenvalue weighted by Crippen LogP contribution is -2.70. The van der Waals surface area contributed by atoms with Crippen LogP contribution in [0.5, 0.6) is 0 Å². The standard InChI is InChI=1S/C30H30F2N4O4/c31-29(32)15-19-11-12-24(29)25(27(38)35-18(16-33)14-17-6-5-13-34-26(17)37)36(19)28(39)30(40)22-9-3-1-7-20(22)21-8-2-4-10-23(21)30/h1-4,7-10,17-19,24-25,40H,5-6,11-15H2,(H,34,37)(H,35,38)/t17-,18+,19-,24-,25+/m1/s1. The third-order valence-corrected chi connectivity index (χ3v) is 9.06. The first kappa shape index (κ1) is 26.4. The fourth-order valence-electron chi connectivity index (χ4n) is 7.17. The van der Waals surface area contributed by atoms with E-state index in [0.29, 0.717) is 35.2 Å². The molecule has 4 fully saturated rings. The number of fused-ring (bicyclic) bond motifs is 6.